The summed E-state index contributed by atoms with van der Waals surface area (Å²) in [6.07, 6.45) is 1.64. The summed E-state index contributed by atoms with van der Waals surface area (Å²) in [4.78, 5) is 30.5. The van der Waals surface area contributed by atoms with Gasteiger partial charge in [0.15, 0.2) is 0 Å². The first kappa shape index (κ1) is 15.8. The smallest absolute Gasteiger partial charge is 0.268 e. The predicted molar refractivity (Wildman–Crippen MR) is 91.9 cm³/mol. The lowest BCUT2D eigenvalue weighted by Crippen LogP contribution is -2.27. The Labute approximate surface area is 143 Å². The number of hydrogen-bond donors (Lipinski definition) is 0. The minimum atomic E-state index is -0.316. The molecule has 0 bridgehead atoms. The molecular formula is C17H13ClN2O2S. The van der Waals surface area contributed by atoms with E-state index >= 15 is 0 Å². The van der Waals surface area contributed by atoms with Crippen LogP contribution in [0.3, 0.4) is 0 Å². The highest BCUT2D eigenvalue weighted by atomic mass is 35.5. The lowest BCUT2D eigenvalue weighted by molar-refractivity contribution is -0.123. The first-order valence-electron chi connectivity index (χ1n) is 6.97. The van der Waals surface area contributed by atoms with E-state index < -0.39 is 0 Å². The van der Waals surface area contributed by atoms with Gasteiger partial charge in [-0.3, -0.25) is 19.5 Å². The summed E-state index contributed by atoms with van der Waals surface area (Å²) < 4.78 is 0. The fourth-order valence-corrected chi connectivity index (χ4v) is 3.23. The Morgan fingerprint density at radius 3 is 2.70 bits per heavy atom. The van der Waals surface area contributed by atoms with E-state index in [9.17, 15) is 9.59 Å². The van der Waals surface area contributed by atoms with Crippen LogP contribution in [0.2, 0.25) is 5.02 Å². The predicted octanol–water partition coefficient (Wildman–Crippen LogP) is 4.28. The van der Waals surface area contributed by atoms with Gasteiger partial charge >= 0.3 is 0 Å². The van der Waals surface area contributed by atoms with Crippen LogP contribution in [0.5, 0.6) is 0 Å². The van der Waals surface area contributed by atoms with Crippen LogP contribution in [0, 0.1) is 6.92 Å². The van der Waals surface area contributed by atoms with Crippen LogP contribution in [0.1, 0.15) is 17.0 Å². The number of halogens is 1. The van der Waals surface area contributed by atoms with Gasteiger partial charge in [0, 0.05) is 10.7 Å². The molecule has 0 aliphatic carbocycles. The fraction of sp³-hybridized carbons (Fsp3) is 0.118. The highest BCUT2D eigenvalue weighted by molar-refractivity contribution is 8.18. The van der Waals surface area contributed by atoms with E-state index in [1.165, 1.54) is 4.90 Å². The average Bonchev–Trinajstić information content (AvgIpc) is 2.77. The summed E-state index contributed by atoms with van der Waals surface area (Å²) in [7, 11) is 0. The quantitative estimate of drug-likeness (QED) is 0.780. The zero-order chi connectivity index (χ0) is 16.4. The molecule has 1 aromatic carbocycles. The van der Waals surface area contributed by atoms with Crippen molar-refractivity contribution in [3.63, 3.8) is 0 Å². The summed E-state index contributed by atoms with van der Waals surface area (Å²) in [5, 5.41) is 0.240. The Bertz CT molecular complexity index is 820. The van der Waals surface area contributed by atoms with Crippen LogP contribution in [0.15, 0.2) is 47.4 Å². The summed E-state index contributed by atoms with van der Waals surface area (Å²) in [5.74, 6) is -0.316. The first-order valence-corrected chi connectivity index (χ1v) is 8.16. The van der Waals surface area contributed by atoms with Crippen molar-refractivity contribution < 1.29 is 9.59 Å². The molecule has 1 aliphatic heterocycles. The minimum Gasteiger partial charge on any atom is -0.268 e. The van der Waals surface area contributed by atoms with Crippen molar-refractivity contribution >= 4 is 40.6 Å². The number of imide groups is 1. The molecule has 23 heavy (non-hydrogen) atoms. The van der Waals surface area contributed by atoms with Crippen LogP contribution < -0.4 is 0 Å². The molecule has 0 spiro atoms. The van der Waals surface area contributed by atoms with Crippen LogP contribution in [-0.2, 0) is 11.3 Å². The molecule has 3 rings (SSSR count). The molecule has 0 unspecified atom stereocenters. The van der Waals surface area contributed by atoms with Crippen LogP contribution in [0.25, 0.3) is 6.08 Å². The number of benzene rings is 1. The van der Waals surface area contributed by atoms with Crippen molar-refractivity contribution in [3.8, 4) is 0 Å². The normalized spacial score (nSPS) is 16.4. The van der Waals surface area contributed by atoms with Crippen molar-refractivity contribution in [1.29, 1.82) is 0 Å². The Morgan fingerprint density at radius 2 is 1.96 bits per heavy atom. The van der Waals surface area contributed by atoms with Gasteiger partial charge in [0.1, 0.15) is 0 Å². The topological polar surface area (TPSA) is 50.3 Å². The number of hydrogen-bond acceptors (Lipinski definition) is 4. The van der Waals surface area contributed by atoms with Crippen LogP contribution in [0.4, 0.5) is 4.79 Å². The molecule has 1 aromatic heterocycles. The zero-order valence-corrected chi connectivity index (χ0v) is 13.9. The zero-order valence-electron chi connectivity index (χ0n) is 12.3. The van der Waals surface area contributed by atoms with E-state index in [2.05, 4.69) is 4.98 Å². The molecule has 6 heteroatoms. The molecule has 2 heterocycles. The molecule has 0 atom stereocenters. The van der Waals surface area contributed by atoms with Gasteiger partial charge in [-0.15, -0.1) is 0 Å². The van der Waals surface area contributed by atoms with E-state index in [0.29, 0.717) is 15.6 Å². The van der Waals surface area contributed by atoms with Gasteiger partial charge in [-0.2, -0.15) is 0 Å². The fourth-order valence-electron chi connectivity index (χ4n) is 2.21. The number of carbonyl (C=O) groups is 2. The van der Waals surface area contributed by atoms with E-state index in [4.69, 9.17) is 11.6 Å². The molecule has 2 amide bonds. The molecule has 116 valence electrons. The lowest BCUT2D eigenvalue weighted by Gasteiger charge is -2.13. The maximum Gasteiger partial charge on any atom is 0.293 e. The largest absolute Gasteiger partial charge is 0.293 e. The average molecular weight is 345 g/mol. The first-order chi connectivity index (χ1) is 11.0. The maximum atomic E-state index is 12.5. The number of thioether (sulfide) groups is 1. The molecule has 4 nitrogen and oxygen atoms in total. The van der Waals surface area contributed by atoms with Gasteiger partial charge in [0.05, 0.1) is 17.1 Å². The van der Waals surface area contributed by atoms with Gasteiger partial charge in [-0.1, -0.05) is 35.9 Å². The maximum absolute atomic E-state index is 12.5. The number of amides is 2. The summed E-state index contributed by atoms with van der Waals surface area (Å²) in [6.45, 7) is 2.05. The number of nitrogens with zero attached hydrogens (tertiary/aromatic N) is 2. The van der Waals surface area contributed by atoms with Gasteiger partial charge in [-0.05, 0) is 48.5 Å². The highest BCUT2D eigenvalue weighted by Crippen LogP contribution is 2.33. The number of aromatic nitrogens is 1. The van der Waals surface area contributed by atoms with Gasteiger partial charge in [-0.25, -0.2) is 0 Å². The number of pyridine rings is 1. The standard InChI is InChI=1S/C17H13ClN2O2S/c1-11-5-4-7-13(19-11)9-15-16(21)20(17(22)23-15)10-12-6-2-3-8-14(12)18/h2-9H,10H2,1H3/b15-9-. The van der Waals surface area contributed by atoms with Crippen LogP contribution >= 0.6 is 23.4 Å². The second kappa shape index (κ2) is 6.56. The molecule has 1 fully saturated rings. The van der Waals surface area contributed by atoms with E-state index in [1.807, 2.05) is 31.2 Å². The van der Waals surface area contributed by atoms with Crippen molar-refractivity contribution in [2.75, 3.05) is 0 Å². The monoisotopic (exact) mass is 344 g/mol. The number of aryl methyl sites for hydroxylation is 1. The molecule has 0 saturated carbocycles. The second-order valence-corrected chi connectivity index (χ2v) is 6.46. The third-order valence-electron chi connectivity index (χ3n) is 3.35. The molecule has 1 saturated heterocycles. The Hall–Kier alpha value is -2.11. The van der Waals surface area contributed by atoms with Crippen molar-refractivity contribution in [1.82, 2.24) is 9.88 Å². The minimum absolute atomic E-state index is 0.170. The van der Waals surface area contributed by atoms with Gasteiger partial charge in [0.2, 0.25) is 0 Å². The highest BCUT2D eigenvalue weighted by Gasteiger charge is 2.35. The number of rotatable bonds is 3. The van der Waals surface area contributed by atoms with E-state index in [-0.39, 0.29) is 17.7 Å². The second-order valence-electron chi connectivity index (χ2n) is 5.06. The SMILES string of the molecule is Cc1cccc(/C=C2\SC(=O)N(Cc3ccccc3Cl)C2=O)n1. The summed E-state index contributed by atoms with van der Waals surface area (Å²) in [5.41, 5.74) is 2.26. The van der Waals surface area contributed by atoms with Crippen molar-refractivity contribution in [2.45, 2.75) is 13.5 Å². The molecule has 1 aliphatic rings. The molecule has 2 aromatic rings. The molecular weight excluding hydrogens is 332 g/mol. The Balaban J connectivity index is 1.84. The van der Waals surface area contributed by atoms with Gasteiger partial charge < -0.3 is 0 Å². The lowest BCUT2D eigenvalue weighted by atomic mass is 10.2. The Kier molecular flexibility index (Phi) is 4.50. The summed E-state index contributed by atoms with van der Waals surface area (Å²) in [6, 6.07) is 12.7. The number of carbonyl (C=O) groups excluding carboxylic acids is 2. The van der Waals surface area contributed by atoms with Gasteiger partial charge in [0.25, 0.3) is 11.1 Å². The van der Waals surface area contributed by atoms with Crippen molar-refractivity contribution in [2.24, 2.45) is 0 Å². The molecule has 0 radical (unpaired) electrons. The van der Waals surface area contributed by atoms with Crippen LogP contribution in [-0.4, -0.2) is 21.0 Å². The third-order valence-corrected chi connectivity index (χ3v) is 4.62. The Morgan fingerprint density at radius 1 is 1.17 bits per heavy atom. The third kappa shape index (κ3) is 3.46. The van der Waals surface area contributed by atoms with E-state index in [1.54, 1.807) is 24.3 Å². The summed E-state index contributed by atoms with van der Waals surface area (Å²) >= 11 is 7.02. The molecule has 0 N–H and O–H groups in total. The van der Waals surface area contributed by atoms with Crippen molar-refractivity contribution in [3.05, 3.63) is 69.3 Å². The van der Waals surface area contributed by atoms with E-state index in [0.717, 1.165) is 23.0 Å².